The number of amides is 2. The molecule has 2 amide bonds. The number of benzene rings is 5. The van der Waals surface area contributed by atoms with E-state index in [4.69, 9.17) is 9.97 Å². The van der Waals surface area contributed by atoms with Crippen LogP contribution < -0.4 is 0 Å². The van der Waals surface area contributed by atoms with Crippen LogP contribution in [0.5, 0.6) is 0 Å². The molecular formula is C42H38F2N6O2S2. The Kier molecular flexibility index (Phi) is 10.3. The van der Waals surface area contributed by atoms with Crippen LogP contribution in [-0.4, -0.2) is 54.6 Å². The summed E-state index contributed by atoms with van der Waals surface area (Å²) < 4.78 is 26.9. The average Bonchev–Trinajstić information content (AvgIpc) is 4.00. The first-order valence-electron chi connectivity index (χ1n) is 17.6. The molecule has 2 saturated heterocycles. The normalized spacial score (nSPS) is 16.8. The molecule has 4 heterocycles. The second-order valence-electron chi connectivity index (χ2n) is 13.6. The molecule has 54 heavy (non-hydrogen) atoms. The molecule has 274 valence electrons. The predicted octanol–water partition coefficient (Wildman–Crippen LogP) is 9.23. The van der Waals surface area contributed by atoms with Gasteiger partial charge in [0.25, 0.3) is 11.8 Å². The summed E-state index contributed by atoms with van der Waals surface area (Å²) >= 11 is 0. The first kappa shape index (κ1) is 36.9. The summed E-state index contributed by atoms with van der Waals surface area (Å²) in [4.78, 5) is 46.9. The highest BCUT2D eigenvalue weighted by Crippen LogP contribution is 2.36. The number of fused-ring (bicyclic) bond motifs is 2. The molecule has 0 radical (unpaired) electrons. The maximum atomic E-state index is 13.5. The van der Waals surface area contributed by atoms with Crippen molar-refractivity contribution >= 4 is 60.9 Å². The summed E-state index contributed by atoms with van der Waals surface area (Å²) in [6, 6.07) is 31.8. The van der Waals surface area contributed by atoms with E-state index in [0.717, 1.165) is 81.7 Å². The lowest BCUT2D eigenvalue weighted by Crippen LogP contribution is -2.31. The number of halogens is 2. The van der Waals surface area contributed by atoms with Crippen LogP contribution in [-0.2, 0) is 0 Å². The van der Waals surface area contributed by atoms with E-state index in [-0.39, 0.29) is 62.5 Å². The molecule has 0 bridgehead atoms. The van der Waals surface area contributed by atoms with Gasteiger partial charge in [-0.15, -0.1) is 0 Å². The average molecular weight is 761 g/mol. The van der Waals surface area contributed by atoms with Gasteiger partial charge in [-0.25, -0.2) is 18.7 Å². The van der Waals surface area contributed by atoms with E-state index in [2.05, 4.69) is 58.5 Å². The fourth-order valence-electron chi connectivity index (χ4n) is 7.69. The van der Waals surface area contributed by atoms with Gasteiger partial charge in [0.05, 0.1) is 34.2 Å². The highest BCUT2D eigenvalue weighted by Gasteiger charge is 2.34. The van der Waals surface area contributed by atoms with Crippen molar-refractivity contribution in [2.45, 2.75) is 37.8 Å². The quantitative estimate of drug-likeness (QED) is 0.177. The number of carbonyl (C=O) groups excluding carboxylic acids is 2. The van der Waals surface area contributed by atoms with Gasteiger partial charge in [-0.05, 0) is 121 Å². The van der Waals surface area contributed by atoms with Crippen LogP contribution in [0.1, 0.15) is 70.1 Å². The van der Waals surface area contributed by atoms with E-state index >= 15 is 0 Å². The van der Waals surface area contributed by atoms with Crippen molar-refractivity contribution in [3.63, 3.8) is 0 Å². The van der Waals surface area contributed by atoms with Crippen LogP contribution in [0, 0.1) is 11.6 Å². The molecule has 9 rings (SSSR count). The van der Waals surface area contributed by atoms with Crippen molar-refractivity contribution in [2.24, 2.45) is 0 Å². The lowest BCUT2D eigenvalue weighted by molar-refractivity contribution is 0.0723. The number of carbonyl (C=O) groups is 2. The Balaban J connectivity index is 0.00000225. The number of aromatic nitrogens is 4. The highest BCUT2D eigenvalue weighted by atomic mass is 32.1. The zero-order valence-corrected chi connectivity index (χ0v) is 31.2. The topological polar surface area (TPSA) is 98.0 Å². The molecule has 5 aromatic carbocycles. The van der Waals surface area contributed by atoms with Crippen LogP contribution in [0.15, 0.2) is 109 Å². The highest BCUT2D eigenvalue weighted by molar-refractivity contribution is 7.59. The minimum absolute atomic E-state index is 0. The van der Waals surface area contributed by atoms with Crippen molar-refractivity contribution in [3.8, 4) is 22.3 Å². The van der Waals surface area contributed by atoms with Crippen molar-refractivity contribution in [1.29, 1.82) is 0 Å². The van der Waals surface area contributed by atoms with E-state index in [1.165, 1.54) is 48.5 Å². The van der Waals surface area contributed by atoms with Crippen LogP contribution in [0.4, 0.5) is 8.78 Å². The van der Waals surface area contributed by atoms with E-state index in [9.17, 15) is 18.4 Å². The van der Waals surface area contributed by atoms with Gasteiger partial charge in [0, 0.05) is 24.2 Å². The Bertz CT molecular complexity index is 2290. The molecule has 2 aliphatic heterocycles. The standard InChI is InChI=1S/C42H34F2N6O2.2H2S/c43-31-15-9-27(10-16-31)41(51)49-21-1-3-37(49)39-45-33-19-13-29(23-35(33)47-39)25-5-7-26(8-6-25)30-14-20-34-36(24-30)48-40(46-34)38-4-2-22-50(38)42(52)28-11-17-32(44)18-12-28;;/h5-20,23-24,37-38H,1-4,21-22H2,(H,45,47)(H,46,48);2*1H2/t37-,38-;;/m0../s1. The van der Waals surface area contributed by atoms with Gasteiger partial charge in [0.1, 0.15) is 23.3 Å². The predicted molar refractivity (Wildman–Crippen MR) is 216 cm³/mol. The molecule has 0 spiro atoms. The largest absolute Gasteiger partial charge is 0.340 e. The molecule has 2 N–H and O–H groups in total. The van der Waals surface area contributed by atoms with Crippen LogP contribution >= 0.6 is 27.0 Å². The SMILES string of the molecule is O=C(c1ccc(F)cc1)N1CCC[C@H]1c1nc2ccc(-c3ccc(-c4ccc5nc([C@@H]6CCCN6C(=O)c6ccc(F)cc6)[nH]c5c4)cc3)cc2[nH]1.S.S. The smallest absolute Gasteiger partial charge is 0.254 e. The van der Waals surface area contributed by atoms with Crippen LogP contribution in [0.25, 0.3) is 44.3 Å². The van der Waals surface area contributed by atoms with Crippen molar-refractivity contribution in [2.75, 3.05) is 13.1 Å². The van der Waals surface area contributed by atoms with Crippen molar-refractivity contribution in [1.82, 2.24) is 29.7 Å². The number of nitrogens with zero attached hydrogens (tertiary/aromatic N) is 4. The molecule has 2 atom stereocenters. The molecule has 2 fully saturated rings. The minimum atomic E-state index is -0.365. The molecule has 2 aliphatic rings. The van der Waals surface area contributed by atoms with Gasteiger partial charge in [-0.2, -0.15) is 27.0 Å². The molecule has 0 saturated carbocycles. The molecule has 0 unspecified atom stereocenters. The number of H-pyrrole nitrogens is 2. The number of likely N-dealkylation sites (tertiary alicyclic amines) is 2. The van der Waals surface area contributed by atoms with E-state index in [1.54, 1.807) is 0 Å². The Morgan fingerprint density at radius 2 is 0.907 bits per heavy atom. The zero-order chi connectivity index (χ0) is 35.3. The Hall–Kier alpha value is -5.46. The lowest BCUT2D eigenvalue weighted by Gasteiger charge is -2.23. The summed E-state index contributed by atoms with van der Waals surface area (Å²) in [6.45, 7) is 1.26. The van der Waals surface area contributed by atoms with Gasteiger partial charge < -0.3 is 19.8 Å². The van der Waals surface area contributed by atoms with Crippen LogP contribution in [0.3, 0.4) is 0 Å². The fourth-order valence-corrected chi connectivity index (χ4v) is 7.69. The second-order valence-corrected chi connectivity index (χ2v) is 13.6. The van der Waals surface area contributed by atoms with E-state index < -0.39 is 0 Å². The molecule has 7 aromatic rings. The number of hydrogen-bond acceptors (Lipinski definition) is 4. The number of nitrogens with one attached hydrogen (secondary N) is 2. The van der Waals surface area contributed by atoms with Crippen molar-refractivity contribution in [3.05, 3.63) is 144 Å². The first-order valence-corrected chi connectivity index (χ1v) is 17.6. The lowest BCUT2D eigenvalue weighted by atomic mass is 10.00. The molecule has 8 nitrogen and oxygen atoms in total. The van der Waals surface area contributed by atoms with Gasteiger partial charge in [-0.3, -0.25) is 9.59 Å². The minimum Gasteiger partial charge on any atom is -0.340 e. The summed E-state index contributed by atoms with van der Waals surface area (Å²) in [5.74, 6) is 0.546. The first-order chi connectivity index (χ1) is 25.4. The molecule has 2 aromatic heterocycles. The molecular weight excluding hydrogens is 723 g/mol. The van der Waals surface area contributed by atoms with Crippen LogP contribution in [0.2, 0.25) is 0 Å². The number of hydrogen-bond donors (Lipinski definition) is 2. The summed E-state index contributed by atoms with van der Waals surface area (Å²) in [6.07, 6.45) is 3.37. The summed E-state index contributed by atoms with van der Waals surface area (Å²) in [5.41, 5.74) is 8.63. The maximum Gasteiger partial charge on any atom is 0.254 e. The Labute approximate surface area is 324 Å². The third-order valence-electron chi connectivity index (χ3n) is 10.4. The second kappa shape index (κ2) is 15.1. The number of imidazole rings is 2. The third kappa shape index (κ3) is 6.87. The van der Waals surface area contributed by atoms with E-state index in [1.807, 2.05) is 21.9 Å². The van der Waals surface area contributed by atoms with Gasteiger partial charge >= 0.3 is 0 Å². The Morgan fingerprint density at radius 1 is 0.537 bits per heavy atom. The Morgan fingerprint density at radius 3 is 1.30 bits per heavy atom. The van der Waals surface area contributed by atoms with Gasteiger partial charge in [0.15, 0.2) is 0 Å². The number of rotatable bonds is 6. The van der Waals surface area contributed by atoms with Gasteiger partial charge in [-0.1, -0.05) is 36.4 Å². The molecule has 12 heteroatoms. The van der Waals surface area contributed by atoms with Crippen molar-refractivity contribution < 1.29 is 18.4 Å². The third-order valence-corrected chi connectivity index (χ3v) is 10.4. The molecule has 0 aliphatic carbocycles. The fraction of sp³-hybridized carbons (Fsp3) is 0.190. The zero-order valence-electron chi connectivity index (χ0n) is 29.2. The van der Waals surface area contributed by atoms with Gasteiger partial charge in [0.2, 0.25) is 0 Å². The number of aromatic amines is 2. The maximum absolute atomic E-state index is 13.5. The summed E-state index contributed by atoms with van der Waals surface area (Å²) in [7, 11) is 0. The van der Waals surface area contributed by atoms with E-state index in [0.29, 0.717) is 24.2 Å². The monoisotopic (exact) mass is 760 g/mol. The summed E-state index contributed by atoms with van der Waals surface area (Å²) in [5, 5.41) is 0.